The Hall–Kier alpha value is -2.53. The van der Waals surface area contributed by atoms with Crippen LogP contribution in [0.15, 0.2) is 37.2 Å². The second-order valence-corrected chi connectivity index (χ2v) is 8.81. The first-order valence-electron chi connectivity index (χ1n) is 9.30. The summed E-state index contributed by atoms with van der Waals surface area (Å²) in [5.74, 6) is -0.367. The van der Waals surface area contributed by atoms with E-state index < -0.39 is 0 Å². The lowest BCUT2D eigenvalue weighted by atomic mass is 9.92. The van der Waals surface area contributed by atoms with Crippen LogP contribution in [0.2, 0.25) is 0 Å². The highest BCUT2D eigenvalue weighted by molar-refractivity contribution is 6.49. The van der Waals surface area contributed by atoms with Crippen LogP contribution in [0.3, 0.4) is 0 Å². The average molecular weight is 395 g/mol. The van der Waals surface area contributed by atoms with Gasteiger partial charge in [-0.25, -0.2) is 4.39 Å². The van der Waals surface area contributed by atoms with Gasteiger partial charge >= 0.3 is 0 Å². The molecule has 2 atom stereocenters. The Morgan fingerprint density at radius 1 is 1.25 bits per heavy atom. The SMILES string of the molecule is C=C(Cl)c1c(-c2c(-c3ccc(F)cn3)nn3c2C[C@]2(C)C[C@]32C)ccnc1C. The number of hydrogen-bond donors (Lipinski definition) is 0. The monoisotopic (exact) mass is 394 g/mol. The van der Waals surface area contributed by atoms with Crippen LogP contribution < -0.4 is 0 Å². The molecule has 4 nitrogen and oxygen atoms in total. The molecule has 0 radical (unpaired) electrons. The predicted octanol–water partition coefficient (Wildman–Crippen LogP) is 5.35. The molecule has 2 aliphatic rings. The van der Waals surface area contributed by atoms with Crippen molar-refractivity contribution in [2.24, 2.45) is 5.41 Å². The Morgan fingerprint density at radius 3 is 2.71 bits per heavy atom. The molecule has 6 heteroatoms. The first-order valence-corrected chi connectivity index (χ1v) is 9.68. The molecule has 0 amide bonds. The van der Waals surface area contributed by atoms with E-state index in [0.717, 1.165) is 40.9 Å². The van der Waals surface area contributed by atoms with Crippen LogP contribution in [-0.4, -0.2) is 19.7 Å². The normalized spacial score (nSPS) is 24.8. The number of aromatic nitrogens is 4. The molecule has 142 valence electrons. The Bertz CT molecular complexity index is 1150. The number of pyridine rings is 2. The number of fused-ring (bicyclic) bond motifs is 3. The number of halogens is 2. The molecule has 5 rings (SSSR count). The quantitative estimate of drug-likeness (QED) is 0.601. The molecule has 28 heavy (non-hydrogen) atoms. The third-order valence-corrected chi connectivity index (χ3v) is 6.76. The van der Waals surface area contributed by atoms with Gasteiger partial charge < -0.3 is 0 Å². The second kappa shape index (κ2) is 5.51. The highest BCUT2D eigenvalue weighted by Gasteiger charge is 2.68. The number of nitrogens with zero attached hydrogens (tertiary/aromatic N) is 4. The molecule has 1 fully saturated rings. The maximum absolute atomic E-state index is 13.5. The topological polar surface area (TPSA) is 43.6 Å². The maximum Gasteiger partial charge on any atom is 0.141 e. The van der Waals surface area contributed by atoms with Gasteiger partial charge in [0.25, 0.3) is 0 Å². The van der Waals surface area contributed by atoms with Gasteiger partial charge in [-0.15, -0.1) is 0 Å². The molecule has 0 saturated heterocycles. The molecule has 1 aliphatic carbocycles. The van der Waals surface area contributed by atoms with Crippen LogP contribution in [0.4, 0.5) is 4.39 Å². The largest absolute Gasteiger partial charge is 0.262 e. The summed E-state index contributed by atoms with van der Waals surface area (Å²) >= 11 is 6.37. The molecule has 3 aromatic rings. The van der Waals surface area contributed by atoms with Crippen molar-refractivity contribution in [3.05, 3.63) is 59.9 Å². The first-order chi connectivity index (χ1) is 13.2. The van der Waals surface area contributed by atoms with E-state index >= 15 is 0 Å². The summed E-state index contributed by atoms with van der Waals surface area (Å²) in [5.41, 5.74) is 6.37. The van der Waals surface area contributed by atoms with E-state index in [-0.39, 0.29) is 16.8 Å². The predicted molar refractivity (Wildman–Crippen MR) is 108 cm³/mol. The zero-order valence-electron chi connectivity index (χ0n) is 16.1. The van der Waals surface area contributed by atoms with Gasteiger partial charge in [0.05, 0.1) is 17.4 Å². The molecule has 0 unspecified atom stereocenters. The highest BCUT2D eigenvalue weighted by atomic mass is 35.5. The summed E-state index contributed by atoms with van der Waals surface area (Å²) < 4.78 is 15.6. The minimum Gasteiger partial charge on any atom is -0.262 e. The summed E-state index contributed by atoms with van der Waals surface area (Å²) in [4.78, 5) is 8.69. The van der Waals surface area contributed by atoms with Gasteiger partial charge in [0.2, 0.25) is 0 Å². The van der Waals surface area contributed by atoms with E-state index in [0.29, 0.717) is 10.7 Å². The van der Waals surface area contributed by atoms with Crippen LogP contribution in [0, 0.1) is 18.2 Å². The summed E-state index contributed by atoms with van der Waals surface area (Å²) in [5, 5.41) is 5.42. The Balaban J connectivity index is 1.82. The van der Waals surface area contributed by atoms with Crippen molar-refractivity contribution in [3.8, 4) is 22.5 Å². The third kappa shape index (κ3) is 2.20. The second-order valence-electron chi connectivity index (χ2n) is 8.36. The standard InChI is InChI=1S/C22H20ClFN4/c1-12(23)18-13(2)25-8-7-15(18)19-17-9-21(3)11-22(21,4)28(17)27-20(19)16-6-5-14(24)10-26-16/h5-8,10H,1,9,11H2,2-4H3/t21-,22+/m1/s1. The lowest BCUT2D eigenvalue weighted by Crippen LogP contribution is -2.15. The van der Waals surface area contributed by atoms with E-state index in [9.17, 15) is 4.39 Å². The van der Waals surface area contributed by atoms with Crippen LogP contribution in [0.5, 0.6) is 0 Å². The van der Waals surface area contributed by atoms with Gasteiger partial charge in [-0.1, -0.05) is 25.1 Å². The van der Waals surface area contributed by atoms with E-state index in [1.54, 1.807) is 12.3 Å². The zero-order valence-corrected chi connectivity index (χ0v) is 16.8. The van der Waals surface area contributed by atoms with Gasteiger partial charge in [0, 0.05) is 39.2 Å². The minimum absolute atomic E-state index is 0.00950. The van der Waals surface area contributed by atoms with Crippen LogP contribution in [-0.2, 0) is 12.0 Å². The molecular formula is C22H20ClFN4. The molecule has 0 bridgehead atoms. The average Bonchev–Trinajstić information content (AvgIpc) is 2.92. The highest BCUT2D eigenvalue weighted by Crippen LogP contribution is 2.68. The first kappa shape index (κ1) is 17.6. The van der Waals surface area contributed by atoms with Crippen molar-refractivity contribution in [2.75, 3.05) is 0 Å². The lowest BCUT2D eigenvalue weighted by Gasteiger charge is -2.13. The van der Waals surface area contributed by atoms with Crippen LogP contribution in [0.25, 0.3) is 27.5 Å². The van der Waals surface area contributed by atoms with Gasteiger partial charge in [0.1, 0.15) is 11.5 Å². The number of aryl methyl sites for hydroxylation is 1. The molecule has 0 spiro atoms. The fraction of sp³-hybridized carbons (Fsp3) is 0.318. The molecule has 0 N–H and O–H groups in total. The number of hydrogen-bond acceptors (Lipinski definition) is 3. The summed E-state index contributed by atoms with van der Waals surface area (Å²) in [7, 11) is 0. The van der Waals surface area contributed by atoms with E-state index in [2.05, 4.69) is 35.1 Å². The van der Waals surface area contributed by atoms with E-state index in [4.69, 9.17) is 16.7 Å². The summed E-state index contributed by atoms with van der Waals surface area (Å²) in [6, 6.07) is 5.04. The molecular weight excluding hydrogens is 375 g/mol. The third-order valence-electron chi connectivity index (χ3n) is 6.57. The number of rotatable bonds is 3. The molecule has 3 aromatic heterocycles. The Kier molecular flexibility index (Phi) is 3.45. The van der Waals surface area contributed by atoms with Crippen molar-refractivity contribution in [3.63, 3.8) is 0 Å². The van der Waals surface area contributed by atoms with Crippen LogP contribution >= 0.6 is 11.6 Å². The van der Waals surface area contributed by atoms with Gasteiger partial charge in [-0.05, 0) is 50.5 Å². The van der Waals surface area contributed by atoms with Crippen LogP contribution in [0.1, 0.15) is 37.2 Å². The maximum atomic E-state index is 13.5. The molecule has 4 heterocycles. The fourth-order valence-electron chi connectivity index (χ4n) is 4.79. The molecule has 0 aromatic carbocycles. The van der Waals surface area contributed by atoms with Gasteiger partial charge in [-0.3, -0.25) is 14.6 Å². The van der Waals surface area contributed by atoms with E-state index in [1.807, 2.05) is 13.0 Å². The lowest BCUT2D eigenvalue weighted by molar-refractivity contribution is 0.411. The van der Waals surface area contributed by atoms with Crippen molar-refractivity contribution in [1.29, 1.82) is 0 Å². The zero-order chi connectivity index (χ0) is 19.8. The minimum atomic E-state index is -0.367. The molecule has 1 saturated carbocycles. The smallest absolute Gasteiger partial charge is 0.141 e. The van der Waals surface area contributed by atoms with E-state index in [1.165, 1.54) is 18.0 Å². The van der Waals surface area contributed by atoms with Gasteiger partial charge in [-0.2, -0.15) is 5.10 Å². The Labute approximate surface area is 168 Å². The van der Waals surface area contributed by atoms with Crippen molar-refractivity contribution >= 4 is 16.6 Å². The molecule has 1 aliphatic heterocycles. The van der Waals surface area contributed by atoms with Gasteiger partial charge in [0.15, 0.2) is 0 Å². The Morgan fingerprint density at radius 2 is 2.04 bits per heavy atom. The summed E-state index contributed by atoms with van der Waals surface area (Å²) in [6.45, 7) is 10.4. The van der Waals surface area contributed by atoms with Crippen molar-refractivity contribution in [1.82, 2.24) is 19.7 Å². The van der Waals surface area contributed by atoms with Crippen molar-refractivity contribution < 1.29 is 4.39 Å². The fourth-order valence-corrected chi connectivity index (χ4v) is 5.03. The van der Waals surface area contributed by atoms with Crippen molar-refractivity contribution in [2.45, 2.75) is 39.2 Å². The summed E-state index contributed by atoms with van der Waals surface area (Å²) in [6.07, 6.45) is 5.04.